The van der Waals surface area contributed by atoms with E-state index in [1.165, 1.54) is 24.3 Å². The molecule has 0 aliphatic rings. The van der Waals surface area contributed by atoms with E-state index in [1.807, 2.05) is 0 Å². The van der Waals surface area contributed by atoms with Gasteiger partial charge in [-0.2, -0.15) is 0 Å². The molecule has 0 saturated carbocycles. The Bertz CT molecular complexity index is 816. The Kier molecular flexibility index (Phi) is 5.19. The van der Waals surface area contributed by atoms with Gasteiger partial charge in [-0.1, -0.05) is 41.4 Å². The van der Waals surface area contributed by atoms with Crippen molar-refractivity contribution in [1.82, 2.24) is 0 Å². The van der Waals surface area contributed by atoms with Crippen LogP contribution in [0.1, 0.15) is 18.4 Å². The van der Waals surface area contributed by atoms with Gasteiger partial charge in [-0.25, -0.2) is 8.42 Å². The van der Waals surface area contributed by atoms with Crippen LogP contribution >= 0.6 is 23.2 Å². The minimum absolute atomic E-state index is 0.0315. The molecule has 0 saturated heterocycles. The predicted octanol–water partition coefficient (Wildman–Crippen LogP) is 3.38. The molecular formula is C15H14Cl2N2O3S. The number of nitrogens with two attached hydrogens (primary N) is 1. The van der Waals surface area contributed by atoms with Crippen LogP contribution in [-0.4, -0.2) is 14.3 Å². The van der Waals surface area contributed by atoms with E-state index in [9.17, 15) is 13.2 Å². The third kappa shape index (κ3) is 3.96. The van der Waals surface area contributed by atoms with Crippen LogP contribution in [0.15, 0.2) is 47.4 Å². The highest BCUT2D eigenvalue weighted by Crippen LogP contribution is 2.30. The number of rotatable bonds is 5. The number of primary amides is 1. The Hall–Kier alpha value is -1.76. The van der Waals surface area contributed by atoms with Crippen molar-refractivity contribution in [1.29, 1.82) is 0 Å². The van der Waals surface area contributed by atoms with Gasteiger partial charge in [0, 0.05) is 5.69 Å². The van der Waals surface area contributed by atoms with E-state index in [1.54, 1.807) is 25.1 Å². The molecule has 122 valence electrons. The minimum atomic E-state index is -3.93. The highest BCUT2D eigenvalue weighted by Gasteiger charge is 2.21. The highest BCUT2D eigenvalue weighted by molar-refractivity contribution is 7.93. The van der Waals surface area contributed by atoms with Gasteiger partial charge >= 0.3 is 0 Å². The number of hydrogen-bond acceptors (Lipinski definition) is 3. The molecule has 0 unspecified atom stereocenters. The van der Waals surface area contributed by atoms with E-state index in [4.69, 9.17) is 28.9 Å². The predicted molar refractivity (Wildman–Crippen MR) is 91.3 cm³/mol. The summed E-state index contributed by atoms with van der Waals surface area (Å²) in [5, 5.41) is 0.0629. The Morgan fingerprint density at radius 2 is 1.61 bits per heavy atom. The lowest BCUT2D eigenvalue weighted by atomic mass is 10.0. The fraction of sp³-hybridized carbons (Fsp3) is 0.133. The molecule has 0 aliphatic carbocycles. The van der Waals surface area contributed by atoms with Gasteiger partial charge in [0.1, 0.15) is 4.90 Å². The summed E-state index contributed by atoms with van der Waals surface area (Å²) in [6, 6.07) is 10.8. The summed E-state index contributed by atoms with van der Waals surface area (Å²) in [6.07, 6.45) is 0. The zero-order valence-corrected chi connectivity index (χ0v) is 14.4. The Balaban J connectivity index is 2.30. The molecule has 3 N–H and O–H groups in total. The van der Waals surface area contributed by atoms with Crippen molar-refractivity contribution in [2.75, 3.05) is 4.72 Å². The van der Waals surface area contributed by atoms with Crippen LogP contribution in [0.5, 0.6) is 0 Å². The van der Waals surface area contributed by atoms with Crippen molar-refractivity contribution in [2.45, 2.75) is 17.7 Å². The summed E-state index contributed by atoms with van der Waals surface area (Å²) in [5.41, 5.74) is 6.25. The molecule has 23 heavy (non-hydrogen) atoms. The van der Waals surface area contributed by atoms with E-state index in [2.05, 4.69) is 4.72 Å². The lowest BCUT2D eigenvalue weighted by Gasteiger charge is -2.12. The molecule has 1 amide bonds. The van der Waals surface area contributed by atoms with E-state index in [0.717, 1.165) is 0 Å². The number of sulfonamides is 1. The normalized spacial score (nSPS) is 12.7. The Morgan fingerprint density at radius 3 is 2.09 bits per heavy atom. The second-order valence-electron chi connectivity index (χ2n) is 4.90. The van der Waals surface area contributed by atoms with Gasteiger partial charge in [0.05, 0.1) is 16.0 Å². The van der Waals surface area contributed by atoms with Crippen molar-refractivity contribution >= 4 is 44.8 Å². The standard InChI is InChI=1S/C15H14Cl2N2O3S/c1-9(15(18)20)10-5-7-11(8-6-10)19-23(21,22)14-12(16)3-2-4-13(14)17/h2-9,19H,1H3,(H2,18,20)/t9-/m0/s1. The van der Waals surface area contributed by atoms with Crippen LogP contribution in [0, 0.1) is 0 Å². The lowest BCUT2D eigenvalue weighted by molar-refractivity contribution is -0.119. The van der Waals surface area contributed by atoms with Crippen molar-refractivity contribution in [2.24, 2.45) is 5.73 Å². The van der Waals surface area contributed by atoms with E-state index in [-0.39, 0.29) is 14.9 Å². The number of benzene rings is 2. The van der Waals surface area contributed by atoms with Gasteiger partial charge in [0.15, 0.2) is 0 Å². The second kappa shape index (κ2) is 6.78. The molecule has 8 heteroatoms. The van der Waals surface area contributed by atoms with Crippen molar-refractivity contribution in [3.8, 4) is 0 Å². The first-order valence-electron chi connectivity index (χ1n) is 6.58. The first kappa shape index (κ1) is 17.6. The topological polar surface area (TPSA) is 89.3 Å². The van der Waals surface area contributed by atoms with Gasteiger partial charge in [-0.05, 0) is 36.8 Å². The fourth-order valence-electron chi connectivity index (χ4n) is 1.95. The number of carbonyl (C=O) groups excluding carboxylic acids is 1. The molecule has 2 aromatic carbocycles. The first-order chi connectivity index (χ1) is 10.7. The number of carbonyl (C=O) groups is 1. The Morgan fingerprint density at radius 1 is 1.09 bits per heavy atom. The van der Waals surface area contributed by atoms with E-state index in [0.29, 0.717) is 11.3 Å². The zero-order chi connectivity index (χ0) is 17.2. The number of nitrogens with one attached hydrogen (secondary N) is 1. The maximum absolute atomic E-state index is 12.4. The molecule has 1 atom stereocenters. The van der Waals surface area contributed by atoms with Gasteiger partial charge in [0.2, 0.25) is 5.91 Å². The van der Waals surface area contributed by atoms with Crippen LogP contribution in [0.2, 0.25) is 10.0 Å². The van der Waals surface area contributed by atoms with E-state index < -0.39 is 21.8 Å². The summed E-state index contributed by atoms with van der Waals surface area (Å²) in [7, 11) is -3.93. The molecule has 2 rings (SSSR count). The fourth-order valence-corrected chi connectivity index (χ4v) is 4.15. The number of hydrogen-bond donors (Lipinski definition) is 2. The molecule has 0 heterocycles. The van der Waals surface area contributed by atoms with Crippen LogP contribution < -0.4 is 10.5 Å². The number of halogens is 2. The van der Waals surface area contributed by atoms with Gasteiger partial charge < -0.3 is 5.73 Å². The van der Waals surface area contributed by atoms with Crippen LogP contribution in [0.4, 0.5) is 5.69 Å². The molecule has 5 nitrogen and oxygen atoms in total. The highest BCUT2D eigenvalue weighted by atomic mass is 35.5. The summed E-state index contributed by atoms with van der Waals surface area (Å²) >= 11 is 11.9. The average Bonchev–Trinajstić information content (AvgIpc) is 2.46. The molecule has 0 bridgehead atoms. The summed E-state index contributed by atoms with van der Waals surface area (Å²) < 4.78 is 27.2. The van der Waals surface area contributed by atoms with Gasteiger partial charge in [-0.3, -0.25) is 9.52 Å². The second-order valence-corrected chi connectivity index (χ2v) is 7.34. The first-order valence-corrected chi connectivity index (χ1v) is 8.82. The maximum atomic E-state index is 12.4. The molecule has 0 aliphatic heterocycles. The Labute approximate surface area is 144 Å². The van der Waals surface area contributed by atoms with Crippen LogP contribution in [0.3, 0.4) is 0 Å². The molecular weight excluding hydrogens is 359 g/mol. The zero-order valence-electron chi connectivity index (χ0n) is 12.1. The monoisotopic (exact) mass is 372 g/mol. The van der Waals surface area contributed by atoms with Crippen LogP contribution in [-0.2, 0) is 14.8 Å². The number of amides is 1. The average molecular weight is 373 g/mol. The smallest absolute Gasteiger partial charge is 0.264 e. The molecule has 0 spiro atoms. The molecule has 0 fully saturated rings. The molecule has 0 aromatic heterocycles. The third-order valence-electron chi connectivity index (χ3n) is 3.28. The summed E-state index contributed by atoms with van der Waals surface area (Å²) in [4.78, 5) is 11.0. The summed E-state index contributed by atoms with van der Waals surface area (Å²) in [5.74, 6) is -0.917. The van der Waals surface area contributed by atoms with Crippen molar-refractivity contribution < 1.29 is 13.2 Å². The lowest BCUT2D eigenvalue weighted by Crippen LogP contribution is -2.18. The van der Waals surface area contributed by atoms with Crippen molar-refractivity contribution in [3.05, 3.63) is 58.1 Å². The summed E-state index contributed by atoms with van der Waals surface area (Å²) in [6.45, 7) is 1.67. The van der Waals surface area contributed by atoms with Gasteiger partial charge in [-0.15, -0.1) is 0 Å². The van der Waals surface area contributed by atoms with Gasteiger partial charge in [0.25, 0.3) is 10.0 Å². The number of anilines is 1. The molecule has 0 radical (unpaired) electrons. The van der Waals surface area contributed by atoms with E-state index >= 15 is 0 Å². The third-order valence-corrected chi connectivity index (χ3v) is 5.61. The molecule has 2 aromatic rings. The maximum Gasteiger partial charge on any atom is 0.264 e. The SMILES string of the molecule is C[C@H](C(N)=O)c1ccc(NS(=O)(=O)c2c(Cl)cccc2Cl)cc1. The van der Waals surface area contributed by atoms with Crippen molar-refractivity contribution in [3.63, 3.8) is 0 Å². The van der Waals surface area contributed by atoms with Crippen LogP contribution in [0.25, 0.3) is 0 Å². The minimum Gasteiger partial charge on any atom is -0.369 e. The quantitative estimate of drug-likeness (QED) is 0.842. The largest absolute Gasteiger partial charge is 0.369 e.